The van der Waals surface area contributed by atoms with Crippen molar-refractivity contribution in [1.29, 1.82) is 0 Å². The van der Waals surface area contributed by atoms with Gasteiger partial charge < -0.3 is 11.1 Å². The average molecular weight is 258 g/mol. The Morgan fingerprint density at radius 3 is 2.68 bits per heavy atom. The molecule has 1 aromatic carbocycles. The van der Waals surface area contributed by atoms with Crippen molar-refractivity contribution in [3.63, 3.8) is 0 Å². The molecule has 0 atom stereocenters. The molecule has 1 amide bonds. The molecule has 0 spiro atoms. The molecule has 2 rings (SSSR count). The van der Waals surface area contributed by atoms with Gasteiger partial charge in [0.05, 0.1) is 17.1 Å². The Bertz CT molecular complexity index is 616. The summed E-state index contributed by atoms with van der Waals surface area (Å²) in [5.74, 6) is -0.106. The van der Waals surface area contributed by atoms with Crippen LogP contribution in [0.3, 0.4) is 0 Å². The summed E-state index contributed by atoms with van der Waals surface area (Å²) in [6.45, 7) is 6.36. The number of benzene rings is 1. The highest BCUT2D eigenvalue weighted by Crippen LogP contribution is 2.20. The predicted octanol–water partition coefficient (Wildman–Crippen LogP) is 1.82. The van der Waals surface area contributed by atoms with Crippen molar-refractivity contribution in [2.24, 2.45) is 0 Å². The van der Waals surface area contributed by atoms with Crippen LogP contribution in [0.25, 0.3) is 5.69 Å². The number of nitrogens with zero attached hydrogens (tertiary/aromatic N) is 2. The van der Waals surface area contributed by atoms with Crippen LogP contribution in [0.4, 0.5) is 5.69 Å². The van der Waals surface area contributed by atoms with Gasteiger partial charge in [-0.1, -0.05) is 0 Å². The third-order valence-corrected chi connectivity index (χ3v) is 2.87. The Hall–Kier alpha value is -2.30. The van der Waals surface area contributed by atoms with Gasteiger partial charge in [0.2, 0.25) is 0 Å². The summed E-state index contributed by atoms with van der Waals surface area (Å²) in [6, 6.07) is 7.18. The summed E-state index contributed by atoms with van der Waals surface area (Å²) >= 11 is 0. The number of aryl methyl sites for hydroxylation is 2. The fourth-order valence-corrected chi connectivity index (χ4v) is 2.00. The van der Waals surface area contributed by atoms with Crippen molar-refractivity contribution in [1.82, 2.24) is 15.1 Å². The third-order valence-electron chi connectivity index (χ3n) is 2.87. The van der Waals surface area contributed by atoms with E-state index in [1.807, 2.05) is 26.8 Å². The van der Waals surface area contributed by atoms with Crippen molar-refractivity contribution >= 4 is 11.6 Å². The highest BCUT2D eigenvalue weighted by Gasteiger charge is 2.11. The molecule has 5 nitrogen and oxygen atoms in total. The first-order valence-electron chi connectivity index (χ1n) is 6.24. The van der Waals surface area contributed by atoms with E-state index in [1.165, 1.54) is 0 Å². The zero-order valence-corrected chi connectivity index (χ0v) is 11.4. The van der Waals surface area contributed by atoms with E-state index in [0.717, 1.165) is 17.1 Å². The lowest BCUT2D eigenvalue weighted by Gasteiger charge is -2.10. The molecule has 100 valence electrons. The van der Waals surface area contributed by atoms with Gasteiger partial charge in [-0.25, -0.2) is 4.68 Å². The molecular formula is C14H18N4O. The minimum Gasteiger partial charge on any atom is -0.397 e. The summed E-state index contributed by atoms with van der Waals surface area (Å²) in [6.07, 6.45) is 0. The molecule has 1 aromatic heterocycles. The van der Waals surface area contributed by atoms with Crippen LogP contribution in [-0.4, -0.2) is 22.2 Å². The van der Waals surface area contributed by atoms with Crippen LogP contribution in [0, 0.1) is 13.8 Å². The lowest BCUT2D eigenvalue weighted by Crippen LogP contribution is -2.23. The highest BCUT2D eigenvalue weighted by molar-refractivity contribution is 5.95. The van der Waals surface area contributed by atoms with Gasteiger partial charge >= 0.3 is 0 Å². The summed E-state index contributed by atoms with van der Waals surface area (Å²) < 4.78 is 1.76. The van der Waals surface area contributed by atoms with Gasteiger partial charge in [-0.15, -0.1) is 0 Å². The van der Waals surface area contributed by atoms with E-state index in [9.17, 15) is 4.79 Å². The largest absolute Gasteiger partial charge is 0.397 e. The van der Waals surface area contributed by atoms with Crippen molar-refractivity contribution in [3.8, 4) is 5.69 Å². The van der Waals surface area contributed by atoms with Gasteiger partial charge in [0.25, 0.3) is 5.91 Å². The number of carbonyl (C=O) groups is 1. The van der Waals surface area contributed by atoms with Gasteiger partial charge in [-0.3, -0.25) is 4.79 Å². The second-order valence-electron chi connectivity index (χ2n) is 4.47. The number of aromatic nitrogens is 2. The van der Waals surface area contributed by atoms with E-state index in [2.05, 4.69) is 10.4 Å². The fourth-order valence-electron chi connectivity index (χ4n) is 2.00. The number of anilines is 1. The van der Waals surface area contributed by atoms with Gasteiger partial charge in [-0.2, -0.15) is 5.10 Å². The van der Waals surface area contributed by atoms with Gasteiger partial charge in [0, 0.05) is 17.8 Å². The maximum atomic E-state index is 11.8. The second-order valence-corrected chi connectivity index (χ2v) is 4.47. The van der Waals surface area contributed by atoms with Crippen LogP contribution >= 0.6 is 0 Å². The third kappa shape index (κ3) is 2.59. The van der Waals surface area contributed by atoms with E-state index in [-0.39, 0.29) is 5.91 Å². The average Bonchev–Trinajstić information content (AvgIpc) is 2.69. The predicted molar refractivity (Wildman–Crippen MR) is 75.5 cm³/mol. The van der Waals surface area contributed by atoms with Gasteiger partial charge in [-0.05, 0) is 45.0 Å². The maximum absolute atomic E-state index is 11.8. The minimum atomic E-state index is -0.106. The van der Waals surface area contributed by atoms with E-state index >= 15 is 0 Å². The monoisotopic (exact) mass is 258 g/mol. The first-order valence-corrected chi connectivity index (χ1v) is 6.24. The number of hydrogen-bond acceptors (Lipinski definition) is 3. The van der Waals surface area contributed by atoms with Crippen LogP contribution in [0.15, 0.2) is 24.3 Å². The van der Waals surface area contributed by atoms with Gasteiger partial charge in [0.15, 0.2) is 0 Å². The summed E-state index contributed by atoms with van der Waals surface area (Å²) in [5.41, 5.74) is 9.79. The normalized spacial score (nSPS) is 10.5. The Morgan fingerprint density at radius 2 is 2.11 bits per heavy atom. The number of rotatable bonds is 3. The molecule has 19 heavy (non-hydrogen) atoms. The first-order chi connectivity index (χ1) is 9.02. The summed E-state index contributed by atoms with van der Waals surface area (Å²) in [7, 11) is 0. The molecule has 0 aliphatic carbocycles. The van der Waals surface area contributed by atoms with Crippen LogP contribution in [0.1, 0.15) is 28.7 Å². The molecule has 0 fully saturated rings. The Morgan fingerprint density at radius 1 is 1.37 bits per heavy atom. The first kappa shape index (κ1) is 13.1. The Kier molecular flexibility index (Phi) is 3.55. The molecular weight excluding hydrogens is 240 g/mol. The van der Waals surface area contributed by atoms with Crippen molar-refractivity contribution in [2.45, 2.75) is 20.8 Å². The molecule has 0 saturated heterocycles. The molecule has 0 bridgehead atoms. The molecule has 2 aromatic rings. The van der Waals surface area contributed by atoms with E-state index in [0.29, 0.717) is 17.8 Å². The number of amides is 1. The maximum Gasteiger partial charge on any atom is 0.251 e. The molecule has 0 aliphatic heterocycles. The van der Waals surface area contributed by atoms with Crippen LogP contribution in [-0.2, 0) is 0 Å². The zero-order valence-electron chi connectivity index (χ0n) is 11.4. The summed E-state index contributed by atoms with van der Waals surface area (Å²) in [4.78, 5) is 11.8. The number of carbonyl (C=O) groups excluding carboxylic acids is 1. The van der Waals surface area contributed by atoms with Crippen LogP contribution < -0.4 is 11.1 Å². The van der Waals surface area contributed by atoms with Crippen molar-refractivity contribution < 1.29 is 4.79 Å². The molecule has 1 heterocycles. The van der Waals surface area contributed by atoms with E-state index < -0.39 is 0 Å². The Balaban J connectivity index is 2.48. The fraction of sp³-hybridized carbons (Fsp3) is 0.286. The van der Waals surface area contributed by atoms with Crippen molar-refractivity contribution in [2.75, 3.05) is 12.3 Å². The lowest BCUT2D eigenvalue weighted by molar-refractivity contribution is 0.0956. The number of nitrogen functional groups attached to an aromatic ring is 1. The van der Waals surface area contributed by atoms with Crippen LogP contribution in [0.2, 0.25) is 0 Å². The molecule has 0 unspecified atom stereocenters. The van der Waals surface area contributed by atoms with Crippen molar-refractivity contribution in [3.05, 3.63) is 41.2 Å². The Labute approximate surface area is 112 Å². The molecule has 0 aliphatic rings. The topological polar surface area (TPSA) is 72.9 Å². The summed E-state index contributed by atoms with van der Waals surface area (Å²) in [5, 5.41) is 7.16. The van der Waals surface area contributed by atoms with Gasteiger partial charge in [0.1, 0.15) is 0 Å². The molecule has 5 heteroatoms. The quantitative estimate of drug-likeness (QED) is 0.825. The lowest BCUT2D eigenvalue weighted by atomic mass is 10.1. The van der Waals surface area contributed by atoms with E-state index in [1.54, 1.807) is 22.9 Å². The molecule has 0 saturated carbocycles. The SMILES string of the molecule is CCNC(=O)c1ccc(N)c(-n2nc(C)cc2C)c1. The number of hydrogen-bond donors (Lipinski definition) is 2. The smallest absolute Gasteiger partial charge is 0.251 e. The number of nitrogens with one attached hydrogen (secondary N) is 1. The van der Waals surface area contributed by atoms with E-state index in [4.69, 9.17) is 5.73 Å². The highest BCUT2D eigenvalue weighted by atomic mass is 16.1. The molecule has 0 radical (unpaired) electrons. The standard InChI is InChI=1S/C14H18N4O/c1-4-16-14(19)11-5-6-12(15)13(8-11)18-10(3)7-9(2)17-18/h5-8H,4,15H2,1-3H3,(H,16,19). The number of nitrogens with two attached hydrogens (primary N) is 1. The van der Waals surface area contributed by atoms with Crippen LogP contribution in [0.5, 0.6) is 0 Å². The second kappa shape index (κ2) is 5.14. The zero-order chi connectivity index (χ0) is 14.0. The molecule has 3 N–H and O–H groups in total. The minimum absolute atomic E-state index is 0.106.